The van der Waals surface area contributed by atoms with Crippen LogP contribution in [0.3, 0.4) is 0 Å². The van der Waals surface area contributed by atoms with E-state index in [-0.39, 0.29) is 5.97 Å². The summed E-state index contributed by atoms with van der Waals surface area (Å²) in [6, 6.07) is 11.1. The maximum atomic E-state index is 12.2. The highest BCUT2D eigenvalue weighted by Gasteiger charge is 2.47. The smallest absolute Gasteiger partial charge is 0.298 e. The van der Waals surface area contributed by atoms with Gasteiger partial charge >= 0.3 is 5.97 Å². The molecule has 4 atom stereocenters. The van der Waals surface area contributed by atoms with Gasteiger partial charge in [0, 0.05) is 18.8 Å². The summed E-state index contributed by atoms with van der Waals surface area (Å²) in [5, 5.41) is 0. The molecular weight excluding hydrogens is 324 g/mol. The van der Waals surface area contributed by atoms with Gasteiger partial charge in [-0.3, -0.25) is 9.74 Å². The Kier molecular flexibility index (Phi) is 7.66. The minimum absolute atomic E-state index is 0.0817. The summed E-state index contributed by atoms with van der Waals surface area (Å²) < 4.78 is 0.480. The summed E-state index contributed by atoms with van der Waals surface area (Å²) in [7, 11) is 0. The lowest BCUT2D eigenvalue weighted by atomic mass is 9.78. The first kappa shape index (κ1) is 20.9. The van der Waals surface area contributed by atoms with E-state index in [4.69, 9.17) is 4.84 Å². The molecule has 0 N–H and O–H groups in total. The first-order valence-electron chi connectivity index (χ1n) is 10.3. The van der Waals surface area contributed by atoms with Crippen molar-refractivity contribution < 1.29 is 14.3 Å². The van der Waals surface area contributed by atoms with Crippen LogP contribution in [0.2, 0.25) is 0 Å². The van der Waals surface area contributed by atoms with Gasteiger partial charge in [0.25, 0.3) is 0 Å². The highest BCUT2D eigenvalue weighted by Crippen LogP contribution is 2.40. The molecule has 0 spiro atoms. The SMILES string of the molecule is CCC(=O)O[N+]1(CCN(CC)CC)CC(C)C(c2ccccc2)CC1C. The zero-order valence-corrected chi connectivity index (χ0v) is 17.3. The highest BCUT2D eigenvalue weighted by atomic mass is 16.7. The second-order valence-corrected chi connectivity index (χ2v) is 7.78. The lowest BCUT2D eigenvalue weighted by molar-refractivity contribution is -1.11. The minimum Gasteiger partial charge on any atom is -0.298 e. The van der Waals surface area contributed by atoms with Crippen molar-refractivity contribution in [2.24, 2.45) is 5.92 Å². The number of hydroxylamine groups is 3. The number of hydrogen-bond acceptors (Lipinski definition) is 3. The molecule has 0 amide bonds. The summed E-state index contributed by atoms with van der Waals surface area (Å²) in [5.74, 6) is 0.933. The molecule has 4 unspecified atom stereocenters. The summed E-state index contributed by atoms with van der Waals surface area (Å²) >= 11 is 0. The van der Waals surface area contributed by atoms with E-state index in [1.54, 1.807) is 0 Å². The van der Waals surface area contributed by atoms with Crippen molar-refractivity contribution in [3.63, 3.8) is 0 Å². The highest BCUT2D eigenvalue weighted by molar-refractivity contribution is 5.68. The summed E-state index contributed by atoms with van der Waals surface area (Å²) in [4.78, 5) is 20.7. The fraction of sp³-hybridized carbons (Fsp3) is 0.682. The third-order valence-corrected chi connectivity index (χ3v) is 6.17. The van der Waals surface area contributed by atoms with Gasteiger partial charge < -0.3 is 0 Å². The van der Waals surface area contributed by atoms with Gasteiger partial charge in [0.1, 0.15) is 19.1 Å². The molecule has 26 heavy (non-hydrogen) atoms. The number of benzene rings is 1. The lowest BCUT2D eigenvalue weighted by Crippen LogP contribution is -2.63. The Morgan fingerprint density at radius 3 is 2.38 bits per heavy atom. The molecular formula is C22H37N2O2+. The molecule has 1 aliphatic rings. The van der Waals surface area contributed by atoms with Gasteiger partial charge in [-0.2, -0.15) is 0 Å². The van der Waals surface area contributed by atoms with Crippen LogP contribution in [0.1, 0.15) is 58.9 Å². The number of carbonyl (C=O) groups excluding carboxylic acids is 1. The number of likely N-dealkylation sites (N-methyl/N-ethyl adjacent to an activating group) is 1. The van der Waals surface area contributed by atoms with Crippen molar-refractivity contribution in [1.82, 2.24) is 4.90 Å². The number of rotatable bonds is 8. The van der Waals surface area contributed by atoms with Gasteiger partial charge in [-0.15, -0.1) is 4.65 Å². The second-order valence-electron chi connectivity index (χ2n) is 7.78. The summed E-state index contributed by atoms with van der Waals surface area (Å²) in [5.41, 5.74) is 1.41. The van der Waals surface area contributed by atoms with Gasteiger partial charge in [-0.05, 0) is 31.5 Å². The zero-order chi connectivity index (χ0) is 19.2. The Morgan fingerprint density at radius 2 is 1.81 bits per heavy atom. The van der Waals surface area contributed by atoms with Crippen LogP contribution in [0.5, 0.6) is 0 Å². The molecule has 2 rings (SSSR count). The normalized spacial score (nSPS) is 28.9. The Morgan fingerprint density at radius 1 is 1.15 bits per heavy atom. The Labute approximate surface area is 159 Å². The number of nitrogens with zero attached hydrogens (tertiary/aromatic N) is 2. The van der Waals surface area contributed by atoms with Crippen LogP contribution < -0.4 is 0 Å². The fourth-order valence-corrected chi connectivity index (χ4v) is 4.35. The monoisotopic (exact) mass is 361 g/mol. The average Bonchev–Trinajstić information content (AvgIpc) is 2.66. The number of piperidine rings is 1. The standard InChI is InChI=1S/C22H37N2O2/c1-6-22(25)26-24(15-14-23(7-2)8-3)17-18(4)21(16-19(24)5)20-12-10-9-11-13-20/h9-13,18-19,21H,6-8,14-17H2,1-5H3/q+1. The molecule has 4 nitrogen and oxygen atoms in total. The van der Waals surface area contributed by atoms with Crippen LogP contribution >= 0.6 is 0 Å². The van der Waals surface area contributed by atoms with E-state index in [2.05, 4.69) is 62.9 Å². The van der Waals surface area contributed by atoms with Gasteiger partial charge in [0.05, 0.1) is 6.54 Å². The van der Waals surface area contributed by atoms with Crippen LogP contribution in [-0.4, -0.2) is 54.3 Å². The fourth-order valence-electron chi connectivity index (χ4n) is 4.35. The molecule has 0 bridgehead atoms. The van der Waals surface area contributed by atoms with Crippen molar-refractivity contribution in [2.75, 3.05) is 32.7 Å². The summed E-state index contributed by atoms with van der Waals surface area (Å²) in [6.45, 7) is 15.7. The van der Waals surface area contributed by atoms with E-state index >= 15 is 0 Å². The van der Waals surface area contributed by atoms with Crippen molar-refractivity contribution in [3.05, 3.63) is 35.9 Å². The van der Waals surface area contributed by atoms with E-state index in [9.17, 15) is 4.79 Å². The molecule has 1 fully saturated rings. The Balaban J connectivity index is 2.20. The molecule has 1 aliphatic heterocycles. The number of likely N-dealkylation sites (tertiary alicyclic amines) is 1. The van der Waals surface area contributed by atoms with E-state index in [1.165, 1.54) is 5.56 Å². The molecule has 0 saturated carbocycles. The van der Waals surface area contributed by atoms with Crippen LogP contribution in [0.15, 0.2) is 30.3 Å². The van der Waals surface area contributed by atoms with Crippen molar-refractivity contribution in [1.29, 1.82) is 0 Å². The summed E-state index contributed by atoms with van der Waals surface area (Å²) in [6.07, 6.45) is 1.49. The van der Waals surface area contributed by atoms with Gasteiger partial charge in [0.15, 0.2) is 0 Å². The first-order valence-corrected chi connectivity index (χ1v) is 10.3. The first-order chi connectivity index (χ1) is 12.5. The zero-order valence-electron chi connectivity index (χ0n) is 17.3. The largest absolute Gasteiger partial charge is 0.366 e. The van der Waals surface area contributed by atoms with Crippen LogP contribution in [0, 0.1) is 5.92 Å². The number of carbonyl (C=O) groups is 1. The molecule has 0 radical (unpaired) electrons. The van der Waals surface area contributed by atoms with Crippen molar-refractivity contribution in [2.45, 2.75) is 59.4 Å². The third-order valence-electron chi connectivity index (χ3n) is 6.17. The molecule has 1 heterocycles. The number of hydrogen-bond donors (Lipinski definition) is 0. The topological polar surface area (TPSA) is 29.5 Å². The Hall–Kier alpha value is -1.39. The maximum Gasteiger partial charge on any atom is 0.366 e. The maximum absolute atomic E-state index is 12.2. The van der Waals surface area contributed by atoms with Crippen LogP contribution in [0.25, 0.3) is 0 Å². The predicted octanol–water partition coefficient (Wildman–Crippen LogP) is 4.23. The van der Waals surface area contributed by atoms with Crippen LogP contribution in [0.4, 0.5) is 0 Å². The molecule has 1 aromatic carbocycles. The average molecular weight is 362 g/mol. The van der Waals surface area contributed by atoms with Gasteiger partial charge in [-0.1, -0.05) is 58.0 Å². The van der Waals surface area contributed by atoms with E-state index < -0.39 is 0 Å². The molecule has 0 aliphatic carbocycles. The minimum atomic E-state index is -0.0817. The molecule has 1 saturated heterocycles. The number of quaternary nitrogens is 1. The lowest BCUT2D eigenvalue weighted by Gasteiger charge is -2.47. The molecule has 1 aromatic rings. The van der Waals surface area contributed by atoms with E-state index in [1.807, 2.05) is 6.92 Å². The van der Waals surface area contributed by atoms with Gasteiger partial charge in [0.2, 0.25) is 0 Å². The third kappa shape index (κ3) is 4.86. The second kappa shape index (κ2) is 9.52. The quantitative estimate of drug-likeness (QED) is 0.649. The van der Waals surface area contributed by atoms with Crippen molar-refractivity contribution in [3.8, 4) is 0 Å². The molecule has 0 aromatic heterocycles. The van der Waals surface area contributed by atoms with Crippen LogP contribution in [-0.2, 0) is 9.63 Å². The van der Waals surface area contributed by atoms with Gasteiger partial charge in [-0.25, -0.2) is 4.79 Å². The molecule has 4 heteroatoms. The molecule has 146 valence electrons. The predicted molar refractivity (Wildman–Crippen MR) is 107 cm³/mol. The van der Waals surface area contributed by atoms with E-state index in [0.29, 0.717) is 28.9 Å². The Bertz CT molecular complexity index is 559. The van der Waals surface area contributed by atoms with E-state index in [0.717, 1.165) is 39.1 Å². The van der Waals surface area contributed by atoms with Crippen molar-refractivity contribution >= 4 is 5.97 Å².